The van der Waals surface area contributed by atoms with Crippen LogP contribution in [0.2, 0.25) is 0 Å². The fraction of sp³-hybridized carbons (Fsp3) is 0.400. The van der Waals surface area contributed by atoms with Crippen molar-refractivity contribution >= 4 is 5.97 Å². The first-order chi connectivity index (χ1) is 10.1. The number of rotatable bonds is 7. The molecule has 1 aromatic heterocycles. The average Bonchev–Trinajstić information content (AvgIpc) is 2.96. The molecule has 0 amide bonds. The van der Waals surface area contributed by atoms with Gasteiger partial charge in [-0.3, -0.25) is 0 Å². The molecule has 1 N–H and O–H groups in total. The lowest BCUT2D eigenvalue weighted by Gasteiger charge is -2.10. The molecule has 0 saturated heterocycles. The molecule has 112 valence electrons. The Balaban J connectivity index is 1.84. The first kappa shape index (κ1) is 15.0. The van der Waals surface area contributed by atoms with Gasteiger partial charge in [-0.15, -0.1) is 5.10 Å². The molecule has 6 heteroatoms. The molecule has 0 saturated carbocycles. The Morgan fingerprint density at radius 3 is 2.67 bits per heavy atom. The second-order valence-corrected chi connectivity index (χ2v) is 4.90. The predicted molar refractivity (Wildman–Crippen MR) is 77.6 cm³/mol. The van der Waals surface area contributed by atoms with Gasteiger partial charge in [0.05, 0.1) is 12.7 Å². The van der Waals surface area contributed by atoms with Crippen LogP contribution in [0, 0.1) is 0 Å². The van der Waals surface area contributed by atoms with Crippen molar-refractivity contribution in [3.63, 3.8) is 0 Å². The first-order valence-electron chi connectivity index (χ1n) is 6.96. The Morgan fingerprint density at radius 1 is 1.38 bits per heavy atom. The third-order valence-electron chi connectivity index (χ3n) is 3.41. The van der Waals surface area contributed by atoms with E-state index in [0.29, 0.717) is 19.1 Å². The van der Waals surface area contributed by atoms with Crippen molar-refractivity contribution in [3.8, 4) is 5.75 Å². The Morgan fingerprint density at radius 2 is 2.10 bits per heavy atom. The fourth-order valence-corrected chi connectivity index (χ4v) is 1.89. The number of nitrogens with zero attached hydrogens (tertiary/aromatic N) is 3. The van der Waals surface area contributed by atoms with E-state index in [4.69, 9.17) is 9.84 Å². The van der Waals surface area contributed by atoms with E-state index < -0.39 is 5.97 Å². The molecular weight excluding hydrogens is 270 g/mol. The molecule has 1 unspecified atom stereocenters. The highest BCUT2D eigenvalue weighted by Crippen LogP contribution is 2.21. The van der Waals surface area contributed by atoms with E-state index in [2.05, 4.69) is 36.3 Å². The number of carboxylic acid groups (broad SMARTS) is 1. The summed E-state index contributed by atoms with van der Waals surface area (Å²) in [6.45, 7) is 5.22. The van der Waals surface area contributed by atoms with E-state index in [9.17, 15) is 4.79 Å². The maximum Gasteiger partial charge on any atom is 0.358 e. The molecule has 0 spiro atoms. The molecule has 6 nitrogen and oxygen atoms in total. The minimum atomic E-state index is -1.08. The average molecular weight is 289 g/mol. The Hall–Kier alpha value is -2.37. The van der Waals surface area contributed by atoms with Crippen LogP contribution in [0.1, 0.15) is 42.2 Å². The highest BCUT2D eigenvalue weighted by molar-refractivity contribution is 5.84. The molecule has 1 atom stereocenters. The summed E-state index contributed by atoms with van der Waals surface area (Å²) in [4.78, 5) is 10.7. The third kappa shape index (κ3) is 4.05. The van der Waals surface area contributed by atoms with E-state index in [0.717, 1.165) is 12.2 Å². The maximum absolute atomic E-state index is 10.7. The van der Waals surface area contributed by atoms with Crippen LogP contribution in [0.4, 0.5) is 0 Å². The predicted octanol–water partition coefficient (Wildman–Crippen LogP) is 2.57. The summed E-state index contributed by atoms with van der Waals surface area (Å²) < 4.78 is 7.07. The summed E-state index contributed by atoms with van der Waals surface area (Å²) in [5.41, 5.74) is 1.24. The van der Waals surface area contributed by atoms with Gasteiger partial charge in [0, 0.05) is 0 Å². The molecule has 0 radical (unpaired) electrons. The van der Waals surface area contributed by atoms with Gasteiger partial charge in [0.25, 0.3) is 0 Å². The number of hydrogen-bond acceptors (Lipinski definition) is 4. The normalized spacial score (nSPS) is 12.1. The standard InChI is InChI=1S/C15H19N3O3/c1-3-11(2)12-4-6-13(7-5-12)21-9-8-18-10-14(15(19)20)16-17-18/h4-7,10-11H,3,8-9H2,1-2H3,(H,19,20). The van der Waals surface area contributed by atoms with Gasteiger partial charge in [0.1, 0.15) is 12.4 Å². The zero-order valence-electron chi connectivity index (χ0n) is 12.2. The summed E-state index contributed by atoms with van der Waals surface area (Å²) in [6, 6.07) is 8.04. The Kier molecular flexibility index (Phi) is 4.92. The van der Waals surface area contributed by atoms with Gasteiger partial charge in [0.15, 0.2) is 5.69 Å². The highest BCUT2D eigenvalue weighted by atomic mass is 16.5. The topological polar surface area (TPSA) is 77.2 Å². The monoisotopic (exact) mass is 289 g/mol. The molecule has 0 aliphatic heterocycles. The number of carboxylic acids is 1. The lowest BCUT2D eigenvalue weighted by molar-refractivity contribution is 0.0690. The van der Waals surface area contributed by atoms with E-state index >= 15 is 0 Å². The van der Waals surface area contributed by atoms with Crippen molar-refractivity contribution in [2.45, 2.75) is 32.7 Å². The molecule has 0 aliphatic rings. The summed E-state index contributed by atoms with van der Waals surface area (Å²) in [7, 11) is 0. The molecule has 0 fully saturated rings. The molecule has 0 aliphatic carbocycles. The van der Waals surface area contributed by atoms with Crippen LogP contribution in [-0.4, -0.2) is 32.7 Å². The van der Waals surface area contributed by atoms with Crippen molar-refractivity contribution in [2.24, 2.45) is 0 Å². The highest BCUT2D eigenvalue weighted by Gasteiger charge is 2.08. The van der Waals surface area contributed by atoms with Gasteiger partial charge >= 0.3 is 5.97 Å². The van der Waals surface area contributed by atoms with Crippen molar-refractivity contribution in [3.05, 3.63) is 41.7 Å². The van der Waals surface area contributed by atoms with Crippen molar-refractivity contribution in [1.82, 2.24) is 15.0 Å². The van der Waals surface area contributed by atoms with E-state index in [1.807, 2.05) is 12.1 Å². The second kappa shape index (κ2) is 6.88. The zero-order chi connectivity index (χ0) is 15.2. The smallest absolute Gasteiger partial charge is 0.358 e. The summed E-state index contributed by atoms with van der Waals surface area (Å²) in [5, 5.41) is 16.0. The van der Waals surface area contributed by atoms with Crippen LogP contribution in [0.15, 0.2) is 30.5 Å². The number of aromatic nitrogens is 3. The van der Waals surface area contributed by atoms with Gasteiger partial charge in [-0.05, 0) is 30.0 Å². The quantitative estimate of drug-likeness (QED) is 0.847. The van der Waals surface area contributed by atoms with E-state index in [1.54, 1.807) is 0 Å². The summed E-state index contributed by atoms with van der Waals surface area (Å²) in [5.74, 6) is 0.257. The van der Waals surface area contributed by atoms with E-state index in [-0.39, 0.29) is 5.69 Å². The third-order valence-corrected chi connectivity index (χ3v) is 3.41. The molecule has 0 bridgehead atoms. The van der Waals surface area contributed by atoms with Gasteiger partial charge in [-0.2, -0.15) is 0 Å². The number of benzene rings is 1. The Labute approximate surface area is 123 Å². The van der Waals surface area contributed by atoms with Crippen LogP contribution in [0.25, 0.3) is 0 Å². The Bertz CT molecular complexity index is 592. The SMILES string of the molecule is CCC(C)c1ccc(OCCn2cc(C(=O)O)nn2)cc1. The summed E-state index contributed by atoms with van der Waals surface area (Å²) >= 11 is 0. The van der Waals surface area contributed by atoms with Crippen LogP contribution >= 0.6 is 0 Å². The fourth-order valence-electron chi connectivity index (χ4n) is 1.89. The van der Waals surface area contributed by atoms with Crippen molar-refractivity contribution in [1.29, 1.82) is 0 Å². The van der Waals surface area contributed by atoms with Crippen molar-refractivity contribution < 1.29 is 14.6 Å². The van der Waals surface area contributed by atoms with Crippen LogP contribution in [-0.2, 0) is 6.54 Å². The second-order valence-electron chi connectivity index (χ2n) is 4.90. The molecule has 1 heterocycles. The minimum absolute atomic E-state index is 0.0621. The lowest BCUT2D eigenvalue weighted by Crippen LogP contribution is -2.08. The number of aromatic carboxylic acids is 1. The van der Waals surface area contributed by atoms with Crippen LogP contribution in [0.3, 0.4) is 0 Å². The number of ether oxygens (including phenoxy) is 1. The summed E-state index contributed by atoms with van der Waals surface area (Å²) in [6.07, 6.45) is 2.50. The van der Waals surface area contributed by atoms with Gasteiger partial charge in [0.2, 0.25) is 0 Å². The molecule has 21 heavy (non-hydrogen) atoms. The lowest BCUT2D eigenvalue weighted by atomic mass is 9.99. The maximum atomic E-state index is 10.7. The number of hydrogen-bond donors (Lipinski definition) is 1. The van der Waals surface area contributed by atoms with Crippen LogP contribution < -0.4 is 4.74 Å². The molecule has 1 aromatic carbocycles. The van der Waals surface area contributed by atoms with Gasteiger partial charge < -0.3 is 9.84 Å². The molecule has 2 aromatic rings. The first-order valence-corrected chi connectivity index (χ1v) is 6.96. The molecular formula is C15H19N3O3. The zero-order valence-corrected chi connectivity index (χ0v) is 12.2. The number of carbonyl (C=O) groups is 1. The minimum Gasteiger partial charge on any atom is -0.492 e. The molecule has 2 rings (SSSR count). The van der Waals surface area contributed by atoms with Gasteiger partial charge in [-0.1, -0.05) is 31.2 Å². The van der Waals surface area contributed by atoms with Gasteiger partial charge in [-0.25, -0.2) is 9.48 Å². The largest absolute Gasteiger partial charge is 0.492 e. The van der Waals surface area contributed by atoms with Crippen molar-refractivity contribution in [2.75, 3.05) is 6.61 Å². The van der Waals surface area contributed by atoms with E-state index in [1.165, 1.54) is 16.4 Å². The van der Waals surface area contributed by atoms with Crippen LogP contribution in [0.5, 0.6) is 5.75 Å².